The van der Waals surface area contributed by atoms with E-state index >= 15 is 0 Å². The van der Waals surface area contributed by atoms with Crippen molar-refractivity contribution in [3.05, 3.63) is 41.6 Å². The smallest absolute Gasteiger partial charge is 0.0819 e. The molecule has 0 saturated heterocycles. The Morgan fingerprint density at radius 3 is 3.00 bits per heavy atom. The number of nitrogens with two attached hydrogens (primary N) is 1. The molecule has 16 heavy (non-hydrogen) atoms. The van der Waals surface area contributed by atoms with Crippen LogP contribution in [0.2, 0.25) is 0 Å². The van der Waals surface area contributed by atoms with Crippen molar-refractivity contribution in [2.24, 2.45) is 5.73 Å². The van der Waals surface area contributed by atoms with Crippen molar-refractivity contribution in [3.8, 4) is 0 Å². The van der Waals surface area contributed by atoms with Crippen LogP contribution in [0, 0.1) is 0 Å². The minimum atomic E-state index is 0.176. The van der Waals surface area contributed by atoms with E-state index in [0.717, 1.165) is 24.1 Å². The van der Waals surface area contributed by atoms with Crippen molar-refractivity contribution in [1.82, 2.24) is 4.98 Å². The maximum atomic E-state index is 5.75. The minimum absolute atomic E-state index is 0.176. The fourth-order valence-electron chi connectivity index (χ4n) is 2.39. The van der Waals surface area contributed by atoms with Gasteiger partial charge in [-0.25, -0.2) is 0 Å². The highest BCUT2D eigenvalue weighted by Gasteiger charge is 2.26. The van der Waals surface area contributed by atoms with Gasteiger partial charge in [0.1, 0.15) is 0 Å². The Morgan fingerprint density at radius 1 is 1.38 bits per heavy atom. The lowest BCUT2D eigenvalue weighted by molar-refractivity contribution is 0.838. The molecular weight excluding hydrogens is 216 g/mol. The fourth-order valence-corrected chi connectivity index (χ4v) is 2.62. The molecule has 0 spiro atoms. The summed E-state index contributed by atoms with van der Waals surface area (Å²) < 4.78 is 0. The largest absolute Gasteiger partial charge is 0.393 e. The second kappa shape index (κ2) is 3.52. The van der Waals surface area contributed by atoms with Crippen LogP contribution in [0.25, 0.3) is 10.9 Å². The Morgan fingerprint density at radius 2 is 2.19 bits per heavy atom. The highest BCUT2D eigenvalue weighted by molar-refractivity contribution is 7.80. The molecule has 1 heterocycles. The third-order valence-electron chi connectivity index (χ3n) is 3.21. The van der Waals surface area contributed by atoms with E-state index in [0.29, 0.717) is 4.99 Å². The van der Waals surface area contributed by atoms with E-state index in [2.05, 4.69) is 12.1 Å². The number of thiocarbonyl (C=S) groups is 1. The van der Waals surface area contributed by atoms with Crippen LogP contribution in [-0.4, -0.2) is 9.97 Å². The number of pyridine rings is 1. The number of nitrogens with zero attached hydrogens (tertiary/aromatic N) is 1. The lowest BCUT2D eigenvalue weighted by atomic mass is 10.1. The molecule has 0 saturated carbocycles. The number of rotatable bonds is 1. The maximum absolute atomic E-state index is 5.75. The summed E-state index contributed by atoms with van der Waals surface area (Å²) in [7, 11) is 0. The van der Waals surface area contributed by atoms with E-state index in [4.69, 9.17) is 22.9 Å². The van der Waals surface area contributed by atoms with Gasteiger partial charge in [0.05, 0.1) is 22.1 Å². The van der Waals surface area contributed by atoms with Gasteiger partial charge in [-0.05, 0) is 30.5 Å². The zero-order chi connectivity index (χ0) is 11.1. The molecular formula is C13H12N2S. The topological polar surface area (TPSA) is 38.9 Å². The number of hydrogen-bond donors (Lipinski definition) is 1. The van der Waals surface area contributed by atoms with Gasteiger partial charge < -0.3 is 5.73 Å². The van der Waals surface area contributed by atoms with E-state index in [1.165, 1.54) is 10.9 Å². The minimum Gasteiger partial charge on any atom is -0.393 e. The van der Waals surface area contributed by atoms with Crippen LogP contribution >= 0.6 is 12.2 Å². The molecule has 1 atom stereocenters. The van der Waals surface area contributed by atoms with Crippen molar-refractivity contribution in [2.45, 2.75) is 18.8 Å². The summed E-state index contributed by atoms with van der Waals surface area (Å²) in [6.45, 7) is 0. The number of aromatic nitrogens is 1. The molecule has 0 fully saturated rings. The van der Waals surface area contributed by atoms with Gasteiger partial charge in [0.25, 0.3) is 0 Å². The highest BCUT2D eigenvalue weighted by atomic mass is 32.1. The fraction of sp³-hybridized carbons (Fsp3) is 0.231. The first-order chi connectivity index (χ1) is 7.75. The van der Waals surface area contributed by atoms with Crippen molar-refractivity contribution in [1.29, 1.82) is 0 Å². The zero-order valence-electron chi connectivity index (χ0n) is 8.81. The average Bonchev–Trinajstić information content (AvgIpc) is 2.68. The van der Waals surface area contributed by atoms with Gasteiger partial charge >= 0.3 is 0 Å². The second-order valence-electron chi connectivity index (χ2n) is 4.22. The van der Waals surface area contributed by atoms with Gasteiger partial charge in [-0.2, -0.15) is 0 Å². The molecule has 1 unspecified atom stereocenters. The summed E-state index contributed by atoms with van der Waals surface area (Å²) in [6.07, 6.45) is 2.04. The van der Waals surface area contributed by atoms with E-state index in [1.807, 2.05) is 18.2 Å². The maximum Gasteiger partial charge on any atom is 0.0819 e. The van der Waals surface area contributed by atoms with Gasteiger partial charge in [-0.1, -0.05) is 30.4 Å². The van der Waals surface area contributed by atoms with Crippen LogP contribution in [0.15, 0.2) is 30.3 Å². The van der Waals surface area contributed by atoms with Crippen molar-refractivity contribution in [2.75, 3.05) is 0 Å². The summed E-state index contributed by atoms with van der Waals surface area (Å²) in [4.78, 5) is 5.26. The monoisotopic (exact) mass is 228 g/mol. The lowest BCUT2D eigenvalue weighted by Crippen LogP contribution is -2.17. The quantitative estimate of drug-likeness (QED) is 0.762. The molecule has 0 amide bonds. The molecule has 0 radical (unpaired) electrons. The lowest BCUT2D eigenvalue weighted by Gasteiger charge is -2.09. The van der Waals surface area contributed by atoms with Crippen LogP contribution < -0.4 is 5.73 Å². The van der Waals surface area contributed by atoms with Gasteiger partial charge in [0.15, 0.2) is 0 Å². The Labute approximate surface area is 99.5 Å². The summed E-state index contributed by atoms with van der Waals surface area (Å²) in [5.41, 5.74) is 9.17. The number of hydrogen-bond acceptors (Lipinski definition) is 2. The highest BCUT2D eigenvalue weighted by Crippen LogP contribution is 2.33. The summed E-state index contributed by atoms with van der Waals surface area (Å²) in [6, 6.07) is 10.4. The van der Waals surface area contributed by atoms with Crippen molar-refractivity contribution in [3.63, 3.8) is 0 Å². The van der Waals surface area contributed by atoms with Crippen molar-refractivity contribution < 1.29 is 0 Å². The molecule has 0 aliphatic heterocycles. The van der Waals surface area contributed by atoms with Crippen LogP contribution in [-0.2, 0) is 6.42 Å². The molecule has 2 N–H and O–H groups in total. The molecule has 3 heteroatoms. The first-order valence-corrected chi connectivity index (χ1v) is 5.84. The Hall–Kier alpha value is -1.48. The van der Waals surface area contributed by atoms with Crippen LogP contribution in [0.4, 0.5) is 0 Å². The molecule has 2 aromatic rings. The molecule has 1 aromatic heterocycles. The first kappa shape index (κ1) is 9.73. The second-order valence-corrected chi connectivity index (χ2v) is 4.69. The van der Waals surface area contributed by atoms with Gasteiger partial charge in [0, 0.05) is 5.39 Å². The van der Waals surface area contributed by atoms with E-state index in [1.54, 1.807) is 0 Å². The van der Waals surface area contributed by atoms with Gasteiger partial charge in [-0.3, -0.25) is 4.98 Å². The first-order valence-electron chi connectivity index (χ1n) is 5.43. The normalized spacial score (nSPS) is 18.6. The number of aryl methyl sites for hydroxylation is 1. The molecule has 1 aliphatic rings. The van der Waals surface area contributed by atoms with Crippen LogP contribution in [0.5, 0.6) is 0 Å². The summed E-state index contributed by atoms with van der Waals surface area (Å²) in [5.74, 6) is 0.176. The van der Waals surface area contributed by atoms with E-state index < -0.39 is 0 Å². The molecule has 2 nitrogen and oxygen atoms in total. The number of benzene rings is 1. The molecule has 3 rings (SSSR count). The zero-order valence-corrected chi connectivity index (χ0v) is 9.63. The summed E-state index contributed by atoms with van der Waals surface area (Å²) in [5, 5.41) is 1.20. The number of fused-ring (bicyclic) bond motifs is 2. The third-order valence-corrected chi connectivity index (χ3v) is 3.50. The molecule has 0 bridgehead atoms. The average molecular weight is 228 g/mol. The van der Waals surface area contributed by atoms with Gasteiger partial charge in [0.2, 0.25) is 0 Å². The van der Waals surface area contributed by atoms with Gasteiger partial charge in [-0.15, -0.1) is 0 Å². The number of para-hydroxylation sites is 1. The standard InChI is InChI=1S/C13H12N2S/c14-13(16)10-6-5-9-7-8-3-1-2-4-11(8)15-12(9)10/h1-4,7,10H,5-6H2,(H2,14,16). The summed E-state index contributed by atoms with van der Waals surface area (Å²) >= 11 is 5.09. The Bertz CT molecular complexity index is 577. The Balaban J connectivity index is 2.23. The van der Waals surface area contributed by atoms with Crippen LogP contribution in [0.1, 0.15) is 23.6 Å². The SMILES string of the molecule is NC(=S)C1CCc2cc3ccccc3nc21. The Kier molecular flexibility index (Phi) is 2.14. The predicted octanol–water partition coefficient (Wildman–Crippen LogP) is 2.55. The van der Waals surface area contributed by atoms with E-state index in [-0.39, 0.29) is 5.92 Å². The third kappa shape index (κ3) is 1.39. The van der Waals surface area contributed by atoms with Crippen molar-refractivity contribution >= 4 is 28.1 Å². The predicted molar refractivity (Wildman–Crippen MR) is 69.6 cm³/mol. The molecule has 1 aliphatic carbocycles. The molecule has 80 valence electrons. The van der Waals surface area contributed by atoms with E-state index in [9.17, 15) is 0 Å². The van der Waals surface area contributed by atoms with Crippen LogP contribution in [0.3, 0.4) is 0 Å². The molecule has 1 aromatic carbocycles.